The number of carboxylic acid groups (broad SMARTS) is 1. The number of sulfonamides is 1. The van der Waals surface area contributed by atoms with Gasteiger partial charge in [0.25, 0.3) is 0 Å². The molecule has 0 saturated heterocycles. The highest BCUT2D eigenvalue weighted by Gasteiger charge is 2.22. The molecule has 0 heterocycles. The molecule has 104 valence electrons. The molecule has 0 saturated carbocycles. The van der Waals surface area contributed by atoms with Gasteiger partial charge in [0.15, 0.2) is 0 Å². The molecule has 0 aliphatic carbocycles. The van der Waals surface area contributed by atoms with Crippen LogP contribution in [-0.2, 0) is 14.8 Å². The van der Waals surface area contributed by atoms with Gasteiger partial charge < -0.3 is 10.8 Å². The highest BCUT2D eigenvalue weighted by atomic mass is 32.2. The number of hydrogen-bond donors (Lipinski definition) is 3. The molecule has 19 heavy (non-hydrogen) atoms. The third-order valence-corrected chi connectivity index (χ3v) is 3.78. The number of rotatable bonds is 5. The largest absolute Gasteiger partial charge is 0.478 e. The Morgan fingerprint density at radius 3 is 2.42 bits per heavy atom. The Balaban J connectivity index is 3.13. The minimum Gasteiger partial charge on any atom is -0.478 e. The van der Waals surface area contributed by atoms with Gasteiger partial charge in [-0.25, -0.2) is 17.6 Å². The van der Waals surface area contributed by atoms with Crippen molar-refractivity contribution in [2.75, 3.05) is 0 Å². The van der Waals surface area contributed by atoms with Crippen LogP contribution >= 0.6 is 0 Å². The van der Waals surface area contributed by atoms with E-state index < -0.39 is 44.2 Å². The molecule has 0 radical (unpaired) electrons. The van der Waals surface area contributed by atoms with E-state index in [2.05, 4.69) is 0 Å². The molecule has 4 N–H and O–H groups in total. The summed E-state index contributed by atoms with van der Waals surface area (Å²) in [5.41, 5.74) is 4.25. The maximum absolute atomic E-state index is 13.4. The summed E-state index contributed by atoms with van der Waals surface area (Å²) in [6, 6.07) is 1.12. The number of carbonyl (C=O) groups is 2. The van der Waals surface area contributed by atoms with Gasteiger partial charge in [0, 0.05) is 0 Å². The second-order valence-electron chi connectivity index (χ2n) is 3.69. The number of primary amides is 1. The summed E-state index contributed by atoms with van der Waals surface area (Å²) in [5, 5.41) is 8.61. The van der Waals surface area contributed by atoms with Crippen LogP contribution in [0.3, 0.4) is 0 Å². The van der Waals surface area contributed by atoms with E-state index in [1.807, 2.05) is 4.72 Å². The van der Waals surface area contributed by atoms with Gasteiger partial charge in [-0.15, -0.1) is 0 Å². The number of carbonyl (C=O) groups excluding carboxylic acids is 1. The second-order valence-corrected chi connectivity index (χ2v) is 5.41. The van der Waals surface area contributed by atoms with Crippen molar-refractivity contribution in [3.8, 4) is 0 Å². The minimum atomic E-state index is -4.15. The van der Waals surface area contributed by atoms with E-state index in [0.29, 0.717) is 6.07 Å². The van der Waals surface area contributed by atoms with Crippen LogP contribution in [0.2, 0.25) is 0 Å². The zero-order valence-corrected chi connectivity index (χ0v) is 10.6. The monoisotopic (exact) mass is 290 g/mol. The van der Waals surface area contributed by atoms with E-state index in [-0.39, 0.29) is 0 Å². The van der Waals surface area contributed by atoms with Crippen LogP contribution in [0.1, 0.15) is 17.3 Å². The van der Waals surface area contributed by atoms with Crippen molar-refractivity contribution in [2.24, 2.45) is 5.73 Å². The van der Waals surface area contributed by atoms with E-state index in [9.17, 15) is 22.4 Å². The highest BCUT2D eigenvalue weighted by molar-refractivity contribution is 7.89. The minimum absolute atomic E-state index is 0.497. The van der Waals surface area contributed by atoms with Crippen LogP contribution in [0.5, 0.6) is 0 Å². The molecule has 9 heteroatoms. The molecule has 1 rings (SSSR count). The van der Waals surface area contributed by atoms with E-state index in [4.69, 9.17) is 10.8 Å². The van der Waals surface area contributed by atoms with Crippen LogP contribution in [0.15, 0.2) is 23.1 Å². The topological polar surface area (TPSA) is 127 Å². The Hall–Kier alpha value is -2.00. The Morgan fingerprint density at radius 1 is 1.42 bits per heavy atom. The molecule has 1 amide bonds. The molecule has 0 aromatic heterocycles. The van der Waals surface area contributed by atoms with Crippen molar-refractivity contribution in [1.82, 2.24) is 4.72 Å². The smallest absolute Gasteiger partial charge is 0.338 e. The number of aromatic carboxylic acids is 1. The summed E-state index contributed by atoms with van der Waals surface area (Å²) in [5.74, 6) is -3.60. The lowest BCUT2D eigenvalue weighted by Gasteiger charge is -2.11. The first-order valence-electron chi connectivity index (χ1n) is 4.99. The SMILES string of the molecule is CC(NS(=O)(=O)c1ccc(C(=O)O)c(F)c1)C(N)=O. The summed E-state index contributed by atoms with van der Waals surface area (Å²) < 4.78 is 38.8. The molecule has 0 bridgehead atoms. The van der Waals surface area contributed by atoms with Gasteiger partial charge in [0.05, 0.1) is 16.5 Å². The summed E-state index contributed by atoms with van der Waals surface area (Å²) in [4.78, 5) is 20.8. The molecule has 1 unspecified atom stereocenters. The fourth-order valence-electron chi connectivity index (χ4n) is 1.20. The van der Waals surface area contributed by atoms with Crippen LogP contribution in [-0.4, -0.2) is 31.4 Å². The Kier molecular flexibility index (Phi) is 4.22. The fourth-order valence-corrected chi connectivity index (χ4v) is 2.42. The van der Waals surface area contributed by atoms with Gasteiger partial charge in [0.1, 0.15) is 5.82 Å². The molecule has 1 aromatic rings. The summed E-state index contributed by atoms with van der Waals surface area (Å²) >= 11 is 0. The zero-order valence-electron chi connectivity index (χ0n) is 9.75. The molecule has 1 atom stereocenters. The van der Waals surface area contributed by atoms with Crippen molar-refractivity contribution in [3.05, 3.63) is 29.6 Å². The maximum atomic E-state index is 13.4. The summed E-state index contributed by atoms with van der Waals surface area (Å²) in [7, 11) is -4.15. The van der Waals surface area contributed by atoms with E-state index >= 15 is 0 Å². The highest BCUT2D eigenvalue weighted by Crippen LogP contribution is 2.15. The standard InChI is InChI=1S/C10H11FN2O5S/c1-5(9(12)14)13-19(17,18)6-2-3-7(10(15)16)8(11)4-6/h2-5,13H,1H3,(H2,12,14)(H,15,16). The van der Waals surface area contributed by atoms with Gasteiger partial charge in [-0.1, -0.05) is 0 Å². The fraction of sp³-hybridized carbons (Fsp3) is 0.200. The molecule has 7 nitrogen and oxygen atoms in total. The average molecular weight is 290 g/mol. The molecule has 0 fully saturated rings. The number of benzene rings is 1. The first-order chi connectivity index (χ1) is 8.65. The third kappa shape index (κ3) is 3.48. The van der Waals surface area contributed by atoms with Crippen LogP contribution in [0.4, 0.5) is 4.39 Å². The average Bonchev–Trinajstić information content (AvgIpc) is 2.27. The van der Waals surface area contributed by atoms with Crippen molar-refractivity contribution in [3.63, 3.8) is 0 Å². The van der Waals surface area contributed by atoms with Gasteiger partial charge in [-0.2, -0.15) is 4.72 Å². The molecule has 0 spiro atoms. The summed E-state index contributed by atoms with van der Waals surface area (Å²) in [6.07, 6.45) is 0. The Bertz CT molecular complexity index is 629. The number of halogens is 1. The van der Waals surface area contributed by atoms with Crippen LogP contribution in [0.25, 0.3) is 0 Å². The van der Waals surface area contributed by atoms with Crippen LogP contribution < -0.4 is 10.5 Å². The van der Waals surface area contributed by atoms with Gasteiger partial charge >= 0.3 is 5.97 Å². The zero-order chi connectivity index (χ0) is 14.8. The van der Waals surface area contributed by atoms with Gasteiger partial charge in [-0.05, 0) is 25.1 Å². The van der Waals surface area contributed by atoms with Crippen molar-refractivity contribution in [2.45, 2.75) is 17.9 Å². The summed E-state index contributed by atoms with van der Waals surface area (Å²) in [6.45, 7) is 1.22. The van der Waals surface area contributed by atoms with Gasteiger partial charge in [-0.3, -0.25) is 4.79 Å². The maximum Gasteiger partial charge on any atom is 0.338 e. The lowest BCUT2D eigenvalue weighted by molar-refractivity contribution is -0.119. The molecule has 0 aliphatic heterocycles. The van der Waals surface area contributed by atoms with Crippen molar-refractivity contribution in [1.29, 1.82) is 0 Å². The first-order valence-corrected chi connectivity index (χ1v) is 6.48. The molecule has 1 aromatic carbocycles. The van der Waals surface area contributed by atoms with Gasteiger partial charge in [0.2, 0.25) is 15.9 Å². The number of hydrogen-bond acceptors (Lipinski definition) is 4. The lowest BCUT2D eigenvalue weighted by atomic mass is 10.2. The van der Waals surface area contributed by atoms with Crippen molar-refractivity contribution < 1.29 is 27.5 Å². The van der Waals surface area contributed by atoms with Crippen LogP contribution in [0, 0.1) is 5.82 Å². The quantitative estimate of drug-likeness (QED) is 0.684. The molecular formula is C10H11FN2O5S. The predicted molar refractivity (Wildman–Crippen MR) is 62.3 cm³/mol. The first kappa shape index (κ1) is 15.1. The number of amides is 1. The third-order valence-electron chi connectivity index (χ3n) is 2.24. The molecular weight excluding hydrogens is 279 g/mol. The normalized spacial score (nSPS) is 12.9. The van der Waals surface area contributed by atoms with E-state index in [1.54, 1.807) is 0 Å². The van der Waals surface area contributed by atoms with Crippen molar-refractivity contribution >= 4 is 21.9 Å². The molecule has 0 aliphatic rings. The lowest BCUT2D eigenvalue weighted by Crippen LogP contribution is -2.42. The number of nitrogens with two attached hydrogens (primary N) is 1. The second kappa shape index (κ2) is 5.33. The number of nitrogens with one attached hydrogen (secondary N) is 1. The Morgan fingerprint density at radius 2 is 2.00 bits per heavy atom. The van der Waals surface area contributed by atoms with E-state index in [1.165, 1.54) is 6.92 Å². The Labute approximate surface area is 108 Å². The predicted octanol–water partition coefficient (Wildman–Crippen LogP) is -0.324. The number of carboxylic acids is 1. The van der Waals surface area contributed by atoms with E-state index in [0.717, 1.165) is 12.1 Å².